The third kappa shape index (κ3) is 32.7. The molecule has 11 atom stereocenters. The second kappa shape index (κ2) is 51.2. The Morgan fingerprint density at radius 2 is 1.01 bits per heavy atom. The van der Waals surface area contributed by atoms with Gasteiger partial charge in [-0.3, -0.25) is 86.5 Å². The van der Waals surface area contributed by atoms with E-state index in [0.29, 0.717) is 57.1 Å². The molecule has 1 aliphatic rings. The number of ketones is 3. The number of benzene rings is 6. The molecule has 13 N–H and O–H groups in total. The lowest BCUT2D eigenvalue weighted by molar-refractivity contribution is -0.151. The number of rotatable bonds is 27. The number of para-hydroxylation sites is 1. The van der Waals surface area contributed by atoms with Crippen molar-refractivity contribution in [2.75, 3.05) is 66.4 Å². The van der Waals surface area contributed by atoms with Crippen LogP contribution in [0.3, 0.4) is 0 Å². The predicted octanol–water partition coefficient (Wildman–Crippen LogP) is 4.91. The number of carbonyl (C=O) groups excluding carboxylic acids is 16. The molecule has 0 bridgehead atoms. The van der Waals surface area contributed by atoms with E-state index >= 15 is 43.2 Å². The van der Waals surface area contributed by atoms with Crippen LogP contribution in [-0.2, 0) is 125 Å². The van der Waals surface area contributed by atoms with Gasteiger partial charge in [-0.25, -0.2) is 4.57 Å². The van der Waals surface area contributed by atoms with Gasteiger partial charge in [0.2, 0.25) is 70.9 Å². The lowest BCUT2D eigenvalue weighted by Gasteiger charge is -2.37. The van der Waals surface area contributed by atoms with E-state index in [1.807, 2.05) is 6.92 Å². The summed E-state index contributed by atoms with van der Waals surface area (Å²) in [5.74, 6) is -17.7. The molecule has 6 aromatic carbocycles. The monoisotopic (exact) mass is 1890 g/mol. The average molecular weight is 1890 g/mol. The van der Waals surface area contributed by atoms with Gasteiger partial charge in [0.05, 0.1) is 30.8 Å². The van der Waals surface area contributed by atoms with Crippen LogP contribution in [0.15, 0.2) is 164 Å². The number of Topliss-reactive ketones (excluding diaryl/α,β-unsaturated/α-hetero) is 3. The van der Waals surface area contributed by atoms with Crippen LogP contribution in [0.2, 0.25) is 0 Å². The maximum atomic E-state index is 15.6. The minimum Gasteiger partial charge on any atom is -0.508 e. The summed E-state index contributed by atoms with van der Waals surface area (Å²) in [5, 5.41) is 38.0. The number of unbranched alkanes of at least 4 members (excludes halogenated alkanes) is 1. The number of phosphoric acid groups is 1. The molecule has 1 saturated heterocycles. The van der Waals surface area contributed by atoms with E-state index < -0.39 is 225 Å². The van der Waals surface area contributed by atoms with Crippen molar-refractivity contribution in [3.63, 3.8) is 0 Å². The second-order valence-electron chi connectivity index (χ2n) is 34.5. The Hall–Kier alpha value is -13.1. The number of primary amides is 1. The minimum absolute atomic E-state index is 0.0244. The maximum Gasteiger partial charge on any atom is 0.524 e. The first kappa shape index (κ1) is 106. The standard InChI is InChI=1S/C96H122N13O23PS/c1-11-12-27-80-95(126)105(6)52-69(113)48-66(54-131-57-110)84(115)50-72(59(4)5)92(123)108(9)81(46-60-21-15-13-16-22-60)91(122)103-77(44-63-30-36-68(112)37-31-63)93(124)106(7)53-86(117)99-76(49-65-51-98-73-26-20-19-25-71(65)73)90(121)102-75(43-62-28-34-67(111)35-29-62)89(120)101-74(42-58(2)3)88(119)104-79(83(114)40-41-85(97)116)55-134-56-87(118)100-78(45-64-32-38-70(39-33-64)132-133(128,129)130)94(125)109(10)82(96(127)107(80)8)47-61-23-17-14-18-24-61/h13-26,28-39,51,57-59,66,72,74-82,98,111-112H,11-12,27,40-50,52-56H2,1-10H3,(H2,97,116)(H,99,117)(H,100,118)(H,101,120)(H,102,121)(H,103,122)(H,104,119)(H2,128,129,130)/t66-,72-,74-,75-,76-,77-,78-,79-,80-,81-,82-/m0/s1. The summed E-state index contributed by atoms with van der Waals surface area (Å²) in [6.07, 6.45) is -1.35. The fraction of sp³-hybridized carbons (Fsp3) is 0.438. The van der Waals surface area contributed by atoms with Gasteiger partial charge in [0, 0.05) is 128 Å². The molecular weight excluding hydrogens is 1770 g/mol. The molecule has 7 aromatic rings. The molecule has 38 heteroatoms. The lowest BCUT2D eigenvalue weighted by Crippen LogP contribution is -2.59. The average Bonchev–Trinajstić information content (AvgIpc) is 1.07. The van der Waals surface area contributed by atoms with Crippen LogP contribution < -0.4 is 42.2 Å². The van der Waals surface area contributed by atoms with Crippen molar-refractivity contribution in [3.8, 4) is 17.2 Å². The van der Waals surface area contributed by atoms with Crippen molar-refractivity contribution in [1.82, 2.24) is 61.4 Å². The summed E-state index contributed by atoms with van der Waals surface area (Å²) in [5.41, 5.74) is 8.87. The highest BCUT2D eigenvalue weighted by Crippen LogP contribution is 2.38. The topological polar surface area (TPSA) is 520 Å². The van der Waals surface area contributed by atoms with Gasteiger partial charge < -0.3 is 86.6 Å². The van der Waals surface area contributed by atoms with Gasteiger partial charge in [-0.05, 0) is 101 Å². The molecule has 134 heavy (non-hydrogen) atoms. The molecule has 8 rings (SSSR count). The number of amides is 12. The van der Waals surface area contributed by atoms with E-state index in [4.69, 9.17) is 15.0 Å². The third-order valence-electron chi connectivity index (χ3n) is 23.2. The number of nitrogens with one attached hydrogen (secondary N) is 7. The number of fused-ring (bicyclic) bond motifs is 1. The molecule has 0 unspecified atom stereocenters. The number of phosphoric ester groups is 1. The first-order valence-electron chi connectivity index (χ1n) is 44.2. The van der Waals surface area contributed by atoms with Gasteiger partial charge in [-0.2, -0.15) is 0 Å². The zero-order valence-corrected chi connectivity index (χ0v) is 78.5. The lowest BCUT2D eigenvalue weighted by atomic mass is 9.84. The van der Waals surface area contributed by atoms with E-state index in [1.54, 1.807) is 119 Å². The number of likely N-dealkylation sites (N-methyl/N-ethyl adjacent to an activating group) is 5. The SMILES string of the molecule is CCCC[C@H]1C(=O)N(C)CC(=O)C[C@@H](COC=O)C(=O)C[C@@H](C(C)C)C(=O)N(C)[C@@H](Cc2ccccc2)C(=O)N[C@@H](Cc2ccc(O)cc2)C(=O)N(C)CC(=O)N[C@@H](Cc2c[nH]c3ccccc23)C(=O)N[C@@H](Cc2ccc(O)cc2)C(=O)N[C@@H](CC(C)C)C(=O)N[C@H](C(=O)CCC(N)=O)CSCC(=O)N[C@@H](Cc2ccc(OP(=O)(O)O)cc2)C(=O)N(C)[C@@H](Cc2ccccc2)C(=O)N1C. The largest absolute Gasteiger partial charge is 0.524 e. The quantitative estimate of drug-likeness (QED) is 0.0240. The number of aromatic hydroxyl groups is 2. The van der Waals surface area contributed by atoms with Crippen LogP contribution in [-0.4, -0.2) is 265 Å². The fourth-order valence-electron chi connectivity index (χ4n) is 15.8. The van der Waals surface area contributed by atoms with Gasteiger partial charge in [0.25, 0.3) is 6.47 Å². The number of hydrogen-bond donors (Lipinski definition) is 12. The summed E-state index contributed by atoms with van der Waals surface area (Å²) in [6.45, 7) is 6.62. The maximum absolute atomic E-state index is 15.6. The van der Waals surface area contributed by atoms with Crippen LogP contribution in [0.5, 0.6) is 17.2 Å². The van der Waals surface area contributed by atoms with E-state index in [1.165, 1.54) is 108 Å². The summed E-state index contributed by atoms with van der Waals surface area (Å²) in [7, 11) is 1.52. The zero-order chi connectivity index (χ0) is 98.2. The number of H-pyrrole nitrogens is 1. The Labute approximate surface area is 782 Å². The van der Waals surface area contributed by atoms with Gasteiger partial charge in [-0.1, -0.05) is 163 Å². The highest BCUT2D eigenvalue weighted by Gasteiger charge is 2.43. The number of aromatic nitrogens is 1. The highest BCUT2D eigenvalue weighted by molar-refractivity contribution is 8.00. The van der Waals surface area contributed by atoms with E-state index in [-0.39, 0.29) is 81.0 Å². The molecule has 0 spiro atoms. The smallest absolute Gasteiger partial charge is 0.508 e. The molecule has 2 heterocycles. The number of ether oxygens (including phenoxy) is 1. The molecular formula is C96H122N13O23PS. The Morgan fingerprint density at radius 1 is 0.522 bits per heavy atom. The summed E-state index contributed by atoms with van der Waals surface area (Å²) < 4.78 is 21.8. The number of phenolic OH excluding ortho intramolecular Hbond substituents is 2. The molecule has 720 valence electrons. The summed E-state index contributed by atoms with van der Waals surface area (Å²) >= 11 is 0.799. The van der Waals surface area contributed by atoms with Crippen molar-refractivity contribution in [2.24, 2.45) is 29.4 Å². The molecule has 1 aromatic heterocycles. The Kier molecular flexibility index (Phi) is 40.6. The number of aromatic amines is 1. The molecule has 0 aliphatic carbocycles. The Morgan fingerprint density at radius 3 is 1.57 bits per heavy atom. The van der Waals surface area contributed by atoms with Crippen molar-refractivity contribution in [1.29, 1.82) is 0 Å². The Bertz CT molecular complexity index is 5300. The highest BCUT2D eigenvalue weighted by atomic mass is 32.2. The van der Waals surface area contributed by atoms with Crippen LogP contribution in [0.25, 0.3) is 10.9 Å². The summed E-state index contributed by atoms with van der Waals surface area (Å²) in [6, 6.07) is 27.1. The van der Waals surface area contributed by atoms with E-state index in [2.05, 4.69) is 36.9 Å². The second-order valence-corrected chi connectivity index (χ2v) is 36.7. The third-order valence-corrected chi connectivity index (χ3v) is 24.7. The van der Waals surface area contributed by atoms with Crippen LogP contribution in [0, 0.1) is 23.7 Å². The first-order valence-corrected chi connectivity index (χ1v) is 46.9. The molecule has 0 radical (unpaired) electrons. The van der Waals surface area contributed by atoms with Gasteiger partial charge in [-0.15, -0.1) is 11.8 Å². The number of hydrogen-bond acceptors (Lipinski definition) is 22. The van der Waals surface area contributed by atoms with Gasteiger partial charge in [0.15, 0.2) is 11.6 Å². The van der Waals surface area contributed by atoms with E-state index in [0.717, 1.165) is 36.3 Å². The predicted molar refractivity (Wildman–Crippen MR) is 498 cm³/mol. The number of nitrogens with two attached hydrogens (primary N) is 1. The molecule has 36 nitrogen and oxygen atoms in total. The summed E-state index contributed by atoms with van der Waals surface area (Å²) in [4.78, 5) is 264. The number of carbonyl (C=O) groups is 16. The zero-order valence-electron chi connectivity index (χ0n) is 76.8. The van der Waals surface area contributed by atoms with E-state index in [9.17, 15) is 58.1 Å². The Balaban J connectivity index is 1.22. The van der Waals surface area contributed by atoms with Crippen LogP contribution in [0.1, 0.15) is 119 Å². The van der Waals surface area contributed by atoms with Crippen LogP contribution >= 0.6 is 19.6 Å². The number of thioether (sulfide) groups is 1. The fourth-order valence-corrected chi connectivity index (χ4v) is 17.1. The van der Waals surface area contributed by atoms with Crippen molar-refractivity contribution >= 4 is 125 Å². The molecule has 0 saturated carbocycles. The minimum atomic E-state index is -5.07. The van der Waals surface area contributed by atoms with Gasteiger partial charge >= 0.3 is 7.82 Å². The van der Waals surface area contributed by atoms with Crippen molar-refractivity contribution in [3.05, 3.63) is 197 Å². The normalized spacial score (nSPS) is 21.8. The first-order chi connectivity index (χ1) is 63.6. The van der Waals surface area contributed by atoms with Crippen LogP contribution in [0.4, 0.5) is 0 Å². The number of nitrogens with zero attached hydrogens (tertiary/aromatic N) is 5. The number of phenols is 2. The molecule has 12 amide bonds. The molecule has 1 fully saturated rings. The van der Waals surface area contributed by atoms with Crippen molar-refractivity contribution < 1.29 is 111 Å². The molecule has 1 aliphatic heterocycles. The van der Waals surface area contributed by atoms with Gasteiger partial charge in [0.1, 0.15) is 78.0 Å². The van der Waals surface area contributed by atoms with Crippen molar-refractivity contribution in [2.45, 2.75) is 179 Å².